The molecule has 0 aliphatic carbocycles. The third-order valence-electron chi connectivity index (χ3n) is 2.67. The van der Waals surface area contributed by atoms with Crippen LogP contribution in [0.2, 0.25) is 0 Å². The van der Waals surface area contributed by atoms with Gasteiger partial charge in [0, 0.05) is 16.7 Å². The van der Waals surface area contributed by atoms with Crippen LogP contribution in [0.4, 0.5) is 14.6 Å². The van der Waals surface area contributed by atoms with Crippen molar-refractivity contribution in [2.45, 2.75) is 0 Å². The SMILES string of the molecule is Nc1nn(-c2ccc(F)c(F)c2)c2ncc(Br)cc12. The Kier molecular flexibility index (Phi) is 2.70. The maximum atomic E-state index is 13.3. The van der Waals surface area contributed by atoms with Gasteiger partial charge in [-0.1, -0.05) is 0 Å². The van der Waals surface area contributed by atoms with Gasteiger partial charge in [0.25, 0.3) is 0 Å². The average Bonchev–Trinajstić information content (AvgIpc) is 2.70. The molecule has 2 heterocycles. The van der Waals surface area contributed by atoms with Crippen LogP contribution in [0.3, 0.4) is 0 Å². The summed E-state index contributed by atoms with van der Waals surface area (Å²) in [4.78, 5) is 4.19. The number of anilines is 1. The quantitative estimate of drug-likeness (QED) is 0.748. The monoisotopic (exact) mass is 324 g/mol. The van der Waals surface area contributed by atoms with Gasteiger partial charge < -0.3 is 5.73 Å². The third-order valence-corrected chi connectivity index (χ3v) is 3.10. The molecule has 0 spiro atoms. The average molecular weight is 325 g/mol. The summed E-state index contributed by atoms with van der Waals surface area (Å²) in [5, 5.41) is 4.73. The van der Waals surface area contributed by atoms with Crippen LogP contribution in [0.5, 0.6) is 0 Å². The van der Waals surface area contributed by atoms with E-state index in [1.54, 1.807) is 12.3 Å². The number of rotatable bonds is 1. The van der Waals surface area contributed by atoms with Crippen molar-refractivity contribution in [2.24, 2.45) is 0 Å². The summed E-state index contributed by atoms with van der Waals surface area (Å²) in [7, 11) is 0. The number of nitrogen functional groups attached to an aromatic ring is 1. The summed E-state index contributed by atoms with van der Waals surface area (Å²) in [6.45, 7) is 0. The van der Waals surface area contributed by atoms with Crippen LogP contribution in [-0.4, -0.2) is 14.8 Å². The van der Waals surface area contributed by atoms with Gasteiger partial charge in [0.1, 0.15) is 0 Å². The van der Waals surface area contributed by atoms with Crippen LogP contribution in [0.1, 0.15) is 0 Å². The Morgan fingerprint density at radius 2 is 1.95 bits per heavy atom. The molecule has 0 radical (unpaired) electrons. The van der Waals surface area contributed by atoms with E-state index in [2.05, 4.69) is 26.0 Å². The van der Waals surface area contributed by atoms with E-state index in [0.29, 0.717) is 16.7 Å². The van der Waals surface area contributed by atoms with Gasteiger partial charge in [0.05, 0.1) is 11.1 Å². The highest BCUT2D eigenvalue weighted by atomic mass is 79.9. The number of hydrogen-bond donors (Lipinski definition) is 1. The molecule has 0 saturated heterocycles. The molecule has 3 rings (SSSR count). The van der Waals surface area contributed by atoms with Crippen molar-refractivity contribution in [1.82, 2.24) is 14.8 Å². The van der Waals surface area contributed by atoms with E-state index in [9.17, 15) is 8.78 Å². The number of nitrogens with zero attached hydrogens (tertiary/aromatic N) is 3. The number of hydrogen-bond acceptors (Lipinski definition) is 3. The van der Waals surface area contributed by atoms with Crippen LogP contribution < -0.4 is 5.73 Å². The molecule has 0 aliphatic heterocycles. The lowest BCUT2D eigenvalue weighted by Gasteiger charge is -2.03. The Bertz CT molecular complexity index is 785. The molecule has 19 heavy (non-hydrogen) atoms. The smallest absolute Gasteiger partial charge is 0.165 e. The fourth-order valence-corrected chi connectivity index (χ4v) is 2.13. The van der Waals surface area contributed by atoms with Crippen molar-refractivity contribution in [1.29, 1.82) is 0 Å². The summed E-state index contributed by atoms with van der Waals surface area (Å²) in [5.74, 6) is -1.59. The largest absolute Gasteiger partial charge is 0.382 e. The molecule has 1 aromatic carbocycles. The minimum atomic E-state index is -0.947. The summed E-state index contributed by atoms with van der Waals surface area (Å²) in [6.07, 6.45) is 1.58. The molecule has 7 heteroatoms. The number of halogens is 3. The summed E-state index contributed by atoms with van der Waals surface area (Å²) < 4.78 is 28.3. The second-order valence-corrected chi connectivity index (χ2v) is 4.84. The maximum absolute atomic E-state index is 13.3. The highest BCUT2D eigenvalue weighted by Crippen LogP contribution is 2.25. The normalized spacial score (nSPS) is 11.1. The predicted octanol–water partition coefficient (Wildman–Crippen LogP) is 3.04. The van der Waals surface area contributed by atoms with E-state index in [4.69, 9.17) is 5.73 Å². The first-order valence-electron chi connectivity index (χ1n) is 5.31. The number of nitrogens with two attached hydrogens (primary N) is 1. The Labute approximate surface area is 115 Å². The second kappa shape index (κ2) is 4.27. The Morgan fingerprint density at radius 1 is 1.16 bits per heavy atom. The lowest BCUT2D eigenvalue weighted by atomic mass is 10.3. The first-order valence-corrected chi connectivity index (χ1v) is 6.11. The Morgan fingerprint density at radius 3 is 2.68 bits per heavy atom. The Balaban J connectivity index is 2.28. The van der Waals surface area contributed by atoms with E-state index < -0.39 is 11.6 Å². The van der Waals surface area contributed by atoms with E-state index in [-0.39, 0.29) is 5.82 Å². The second-order valence-electron chi connectivity index (χ2n) is 3.92. The number of aromatic nitrogens is 3. The van der Waals surface area contributed by atoms with E-state index in [1.807, 2.05) is 0 Å². The van der Waals surface area contributed by atoms with Gasteiger partial charge in [-0.05, 0) is 34.1 Å². The molecular weight excluding hydrogens is 318 g/mol. The van der Waals surface area contributed by atoms with Crippen molar-refractivity contribution in [3.05, 3.63) is 46.6 Å². The number of fused-ring (bicyclic) bond motifs is 1. The fraction of sp³-hybridized carbons (Fsp3) is 0. The molecule has 0 fully saturated rings. The van der Waals surface area contributed by atoms with Gasteiger partial charge in [-0.25, -0.2) is 18.4 Å². The predicted molar refractivity (Wildman–Crippen MR) is 70.9 cm³/mol. The van der Waals surface area contributed by atoms with Crippen LogP contribution in [0, 0.1) is 11.6 Å². The zero-order chi connectivity index (χ0) is 13.6. The van der Waals surface area contributed by atoms with Gasteiger partial charge in [0.15, 0.2) is 23.1 Å². The molecule has 0 unspecified atom stereocenters. The number of pyridine rings is 1. The Hall–Kier alpha value is -2.02. The lowest BCUT2D eigenvalue weighted by molar-refractivity contribution is 0.507. The van der Waals surface area contributed by atoms with Gasteiger partial charge >= 0.3 is 0 Å². The third kappa shape index (κ3) is 1.95. The molecule has 2 N–H and O–H groups in total. The van der Waals surface area contributed by atoms with Crippen molar-refractivity contribution >= 4 is 32.8 Å². The van der Waals surface area contributed by atoms with Gasteiger partial charge in [-0.2, -0.15) is 0 Å². The minimum Gasteiger partial charge on any atom is -0.382 e. The summed E-state index contributed by atoms with van der Waals surface area (Å²) in [6, 6.07) is 5.26. The first-order chi connectivity index (χ1) is 9.06. The highest BCUT2D eigenvalue weighted by Gasteiger charge is 2.13. The molecular formula is C12H7BrF2N4. The lowest BCUT2D eigenvalue weighted by Crippen LogP contribution is -2.00. The zero-order valence-electron chi connectivity index (χ0n) is 9.44. The molecule has 0 saturated carbocycles. The minimum absolute atomic E-state index is 0.272. The maximum Gasteiger partial charge on any atom is 0.165 e. The van der Waals surface area contributed by atoms with Crippen molar-refractivity contribution in [2.75, 3.05) is 5.73 Å². The van der Waals surface area contributed by atoms with Gasteiger partial charge in [0.2, 0.25) is 0 Å². The molecule has 0 bridgehead atoms. The van der Waals surface area contributed by atoms with Crippen LogP contribution in [-0.2, 0) is 0 Å². The van der Waals surface area contributed by atoms with Gasteiger partial charge in [-0.3, -0.25) is 0 Å². The summed E-state index contributed by atoms with van der Waals surface area (Å²) in [5.41, 5.74) is 6.63. The van der Waals surface area contributed by atoms with Crippen molar-refractivity contribution in [3.63, 3.8) is 0 Å². The fourth-order valence-electron chi connectivity index (χ4n) is 1.80. The summed E-state index contributed by atoms with van der Waals surface area (Å²) >= 11 is 3.29. The van der Waals surface area contributed by atoms with Crippen LogP contribution in [0.15, 0.2) is 34.9 Å². The topological polar surface area (TPSA) is 56.7 Å². The van der Waals surface area contributed by atoms with E-state index in [0.717, 1.165) is 16.6 Å². The highest BCUT2D eigenvalue weighted by molar-refractivity contribution is 9.10. The molecule has 0 amide bonds. The van der Waals surface area contributed by atoms with Crippen molar-refractivity contribution in [3.8, 4) is 5.69 Å². The van der Waals surface area contributed by atoms with Crippen LogP contribution >= 0.6 is 15.9 Å². The van der Waals surface area contributed by atoms with E-state index >= 15 is 0 Å². The molecule has 4 nitrogen and oxygen atoms in total. The molecule has 3 aromatic rings. The first kappa shape index (κ1) is 12.0. The van der Waals surface area contributed by atoms with Crippen LogP contribution in [0.25, 0.3) is 16.7 Å². The number of benzene rings is 1. The van der Waals surface area contributed by atoms with E-state index in [1.165, 1.54) is 10.7 Å². The molecule has 0 aliphatic rings. The molecule has 2 aromatic heterocycles. The zero-order valence-corrected chi connectivity index (χ0v) is 11.0. The molecule has 0 atom stereocenters. The van der Waals surface area contributed by atoms with Crippen molar-refractivity contribution < 1.29 is 8.78 Å². The molecule has 96 valence electrons. The van der Waals surface area contributed by atoms with Gasteiger partial charge in [-0.15, -0.1) is 5.10 Å². The standard InChI is InChI=1S/C12H7BrF2N4/c13-6-3-8-11(16)18-19(12(8)17-5-6)7-1-2-9(14)10(15)4-7/h1-5H,(H2,16,18).